The van der Waals surface area contributed by atoms with Crippen LogP contribution in [0.15, 0.2) is 16.7 Å². The van der Waals surface area contributed by atoms with Crippen LogP contribution in [-0.2, 0) is 6.42 Å². The monoisotopic (exact) mass is 242 g/mol. The van der Waals surface area contributed by atoms with E-state index in [1.807, 2.05) is 0 Å². The molecular formula is C11H9F3N2O. The van der Waals surface area contributed by atoms with Gasteiger partial charge >= 0.3 is 0 Å². The third-order valence-electron chi connectivity index (χ3n) is 2.41. The number of anilines is 1. The Balaban J connectivity index is 2.68. The molecule has 90 valence electrons. The minimum absolute atomic E-state index is 0.0747. The van der Waals surface area contributed by atoms with Gasteiger partial charge in [-0.1, -0.05) is 12.1 Å². The molecule has 6 heteroatoms. The van der Waals surface area contributed by atoms with Crippen molar-refractivity contribution < 1.29 is 17.7 Å². The van der Waals surface area contributed by atoms with Gasteiger partial charge in [0.2, 0.25) is 0 Å². The molecule has 0 saturated heterocycles. The highest BCUT2D eigenvalue weighted by Gasteiger charge is 2.22. The number of benzene rings is 1. The van der Waals surface area contributed by atoms with Crippen molar-refractivity contribution in [3.8, 4) is 11.3 Å². The second kappa shape index (κ2) is 4.12. The summed E-state index contributed by atoms with van der Waals surface area (Å²) >= 11 is 0. The summed E-state index contributed by atoms with van der Waals surface area (Å²) in [5.41, 5.74) is 5.44. The number of halogens is 3. The van der Waals surface area contributed by atoms with Crippen LogP contribution < -0.4 is 5.73 Å². The molecule has 0 radical (unpaired) electrons. The lowest BCUT2D eigenvalue weighted by Crippen LogP contribution is -1.95. The van der Waals surface area contributed by atoms with Crippen LogP contribution in [0.25, 0.3) is 11.3 Å². The van der Waals surface area contributed by atoms with Crippen molar-refractivity contribution in [1.82, 2.24) is 5.16 Å². The Hall–Kier alpha value is -1.98. The van der Waals surface area contributed by atoms with E-state index in [1.165, 1.54) is 0 Å². The topological polar surface area (TPSA) is 52.0 Å². The summed E-state index contributed by atoms with van der Waals surface area (Å²) < 4.78 is 44.6. The highest BCUT2D eigenvalue weighted by Crippen LogP contribution is 2.32. The molecule has 0 aliphatic heterocycles. The first-order valence-corrected chi connectivity index (χ1v) is 4.93. The van der Waals surface area contributed by atoms with Crippen molar-refractivity contribution in [3.05, 3.63) is 35.1 Å². The fourth-order valence-corrected chi connectivity index (χ4v) is 1.62. The van der Waals surface area contributed by atoms with Gasteiger partial charge in [-0.25, -0.2) is 13.2 Å². The fourth-order valence-electron chi connectivity index (χ4n) is 1.62. The lowest BCUT2D eigenvalue weighted by Gasteiger charge is -2.03. The van der Waals surface area contributed by atoms with Gasteiger partial charge in [-0.3, -0.25) is 0 Å². The third-order valence-corrected chi connectivity index (χ3v) is 2.41. The molecule has 1 aromatic heterocycles. The van der Waals surface area contributed by atoms with Crippen molar-refractivity contribution >= 4 is 5.82 Å². The van der Waals surface area contributed by atoms with Gasteiger partial charge in [0.25, 0.3) is 0 Å². The maximum atomic E-state index is 13.5. The quantitative estimate of drug-likeness (QED) is 0.880. The first-order valence-electron chi connectivity index (χ1n) is 4.93. The van der Waals surface area contributed by atoms with Crippen molar-refractivity contribution in [2.75, 3.05) is 5.73 Å². The number of nitrogens with two attached hydrogens (primary N) is 1. The summed E-state index contributed by atoms with van der Waals surface area (Å²) in [6.07, 6.45) is 0.404. The van der Waals surface area contributed by atoms with Crippen LogP contribution in [0.5, 0.6) is 0 Å². The van der Waals surface area contributed by atoms with Gasteiger partial charge in [-0.05, 0) is 6.42 Å². The van der Waals surface area contributed by atoms with E-state index in [4.69, 9.17) is 10.3 Å². The second-order valence-electron chi connectivity index (χ2n) is 3.47. The summed E-state index contributed by atoms with van der Waals surface area (Å²) in [6, 6.07) is 1.16. The number of rotatable bonds is 2. The van der Waals surface area contributed by atoms with Crippen molar-refractivity contribution in [2.24, 2.45) is 0 Å². The maximum Gasteiger partial charge on any atom is 0.178 e. The van der Waals surface area contributed by atoms with Crippen LogP contribution in [0.1, 0.15) is 12.5 Å². The van der Waals surface area contributed by atoms with Crippen LogP contribution in [0.3, 0.4) is 0 Å². The van der Waals surface area contributed by atoms with Crippen LogP contribution in [-0.4, -0.2) is 5.16 Å². The average molecular weight is 242 g/mol. The van der Waals surface area contributed by atoms with E-state index < -0.39 is 23.0 Å². The standard InChI is InChI=1S/C11H9F3N2O/c1-2-6-10(17-16-11(6)15)9-7(13)3-5(12)4-8(9)14/h3-4H,2H2,1H3,(H2,15,16). The van der Waals surface area contributed by atoms with E-state index >= 15 is 0 Å². The Morgan fingerprint density at radius 3 is 2.35 bits per heavy atom. The lowest BCUT2D eigenvalue weighted by atomic mass is 10.1. The first kappa shape index (κ1) is 11.5. The summed E-state index contributed by atoms with van der Waals surface area (Å²) in [5.74, 6) is -3.11. The summed E-state index contributed by atoms with van der Waals surface area (Å²) in [4.78, 5) is 0. The lowest BCUT2D eigenvalue weighted by molar-refractivity contribution is 0.428. The molecule has 0 aliphatic carbocycles. The molecule has 0 spiro atoms. The molecule has 2 rings (SSSR count). The average Bonchev–Trinajstić information content (AvgIpc) is 2.58. The molecule has 0 amide bonds. The molecular weight excluding hydrogens is 233 g/mol. The molecule has 0 aliphatic rings. The van der Waals surface area contributed by atoms with E-state index in [9.17, 15) is 13.2 Å². The Kier molecular flexibility index (Phi) is 2.79. The van der Waals surface area contributed by atoms with E-state index in [1.54, 1.807) is 6.92 Å². The van der Waals surface area contributed by atoms with Gasteiger partial charge in [-0.15, -0.1) is 0 Å². The number of nitrogens with zero attached hydrogens (tertiary/aromatic N) is 1. The van der Waals surface area contributed by atoms with Gasteiger partial charge in [-0.2, -0.15) is 0 Å². The SMILES string of the molecule is CCc1c(N)noc1-c1c(F)cc(F)cc1F. The predicted octanol–water partition coefficient (Wildman–Crippen LogP) is 2.90. The minimum Gasteiger partial charge on any atom is -0.381 e. The van der Waals surface area contributed by atoms with Gasteiger partial charge < -0.3 is 10.3 Å². The van der Waals surface area contributed by atoms with E-state index in [-0.39, 0.29) is 11.6 Å². The zero-order valence-corrected chi connectivity index (χ0v) is 8.93. The van der Waals surface area contributed by atoms with Gasteiger partial charge in [0.05, 0.1) is 5.56 Å². The molecule has 0 fully saturated rings. The highest BCUT2D eigenvalue weighted by molar-refractivity contribution is 5.67. The molecule has 3 nitrogen and oxygen atoms in total. The molecule has 0 atom stereocenters. The number of nitrogen functional groups attached to an aromatic ring is 1. The molecule has 2 aromatic rings. The van der Waals surface area contributed by atoms with Crippen LogP contribution in [0, 0.1) is 17.5 Å². The maximum absolute atomic E-state index is 13.5. The smallest absolute Gasteiger partial charge is 0.178 e. The van der Waals surface area contributed by atoms with E-state index in [0.29, 0.717) is 24.1 Å². The summed E-state index contributed by atoms with van der Waals surface area (Å²) in [7, 11) is 0. The minimum atomic E-state index is -1.05. The van der Waals surface area contributed by atoms with E-state index in [2.05, 4.69) is 5.16 Å². The molecule has 2 N–H and O–H groups in total. The third kappa shape index (κ3) is 1.86. The predicted molar refractivity (Wildman–Crippen MR) is 55.6 cm³/mol. The molecule has 0 unspecified atom stereocenters. The zero-order valence-electron chi connectivity index (χ0n) is 8.93. The molecule has 0 saturated carbocycles. The molecule has 1 heterocycles. The van der Waals surface area contributed by atoms with Crippen molar-refractivity contribution in [1.29, 1.82) is 0 Å². The normalized spacial score (nSPS) is 10.8. The highest BCUT2D eigenvalue weighted by atomic mass is 19.1. The van der Waals surface area contributed by atoms with Crippen LogP contribution in [0.2, 0.25) is 0 Å². The van der Waals surface area contributed by atoms with Crippen LogP contribution in [0.4, 0.5) is 19.0 Å². The molecule has 1 aromatic carbocycles. The first-order chi connectivity index (χ1) is 8.04. The van der Waals surface area contributed by atoms with Crippen LogP contribution >= 0.6 is 0 Å². The van der Waals surface area contributed by atoms with E-state index in [0.717, 1.165) is 0 Å². The number of aromatic nitrogens is 1. The largest absolute Gasteiger partial charge is 0.381 e. The number of hydrogen-bond donors (Lipinski definition) is 1. The Morgan fingerprint density at radius 1 is 1.24 bits per heavy atom. The summed E-state index contributed by atoms with van der Waals surface area (Å²) in [5, 5.41) is 3.44. The Morgan fingerprint density at radius 2 is 1.82 bits per heavy atom. The number of hydrogen-bond acceptors (Lipinski definition) is 3. The zero-order chi connectivity index (χ0) is 12.6. The van der Waals surface area contributed by atoms with Crippen molar-refractivity contribution in [2.45, 2.75) is 13.3 Å². The Bertz CT molecular complexity index is 543. The Labute approximate surface area is 95.0 Å². The molecule has 17 heavy (non-hydrogen) atoms. The summed E-state index contributed by atoms with van der Waals surface area (Å²) in [6.45, 7) is 1.74. The van der Waals surface area contributed by atoms with Gasteiger partial charge in [0.1, 0.15) is 17.5 Å². The molecule has 0 bridgehead atoms. The van der Waals surface area contributed by atoms with Gasteiger partial charge in [0.15, 0.2) is 11.6 Å². The second-order valence-corrected chi connectivity index (χ2v) is 3.47. The van der Waals surface area contributed by atoms with Crippen molar-refractivity contribution in [3.63, 3.8) is 0 Å². The van der Waals surface area contributed by atoms with Gasteiger partial charge in [0, 0.05) is 17.7 Å². The fraction of sp³-hybridized carbons (Fsp3) is 0.182.